The molecule has 1 fully saturated rings. The average Bonchev–Trinajstić information content (AvgIpc) is 3.62. The summed E-state index contributed by atoms with van der Waals surface area (Å²) in [5.74, 6) is 0.0639. The maximum atomic E-state index is 13.5. The number of hydrogen-bond acceptors (Lipinski definition) is 15. The highest BCUT2D eigenvalue weighted by molar-refractivity contribution is 6.74. The number of nitrogens with one attached hydrogen (secondary N) is 2. The van der Waals surface area contributed by atoms with Crippen molar-refractivity contribution in [3.8, 4) is 0 Å². The summed E-state index contributed by atoms with van der Waals surface area (Å²) in [7, 11) is -5.10. The van der Waals surface area contributed by atoms with Gasteiger partial charge in [-0.2, -0.15) is 0 Å². The molecule has 352 valence electrons. The van der Waals surface area contributed by atoms with Gasteiger partial charge in [-0.1, -0.05) is 46.7 Å². The average molecular weight is 908 g/mol. The van der Waals surface area contributed by atoms with Gasteiger partial charge in [-0.25, -0.2) is 24.5 Å². The fourth-order valence-corrected chi connectivity index (χ4v) is 8.89. The molecule has 3 heterocycles. The number of aliphatic hydroxyl groups excluding tert-OH is 1. The fraction of sp³-hybridized carbons (Fsp3) is 0.829. The van der Waals surface area contributed by atoms with Crippen LogP contribution in [0.5, 0.6) is 0 Å². The van der Waals surface area contributed by atoms with E-state index in [2.05, 4.69) is 98.4 Å². The van der Waals surface area contributed by atoms with Gasteiger partial charge in [0.25, 0.3) is 0 Å². The van der Waals surface area contributed by atoms with Gasteiger partial charge in [0.05, 0.1) is 6.61 Å². The Morgan fingerprint density at radius 2 is 1.55 bits per heavy atom. The van der Waals surface area contributed by atoms with Crippen molar-refractivity contribution in [3.05, 3.63) is 16.8 Å². The van der Waals surface area contributed by atoms with Gasteiger partial charge in [0.1, 0.15) is 41.9 Å². The number of esters is 1. The van der Waals surface area contributed by atoms with E-state index < -0.39 is 70.5 Å². The van der Waals surface area contributed by atoms with Crippen LogP contribution >= 0.6 is 0 Å². The Morgan fingerprint density at radius 1 is 0.952 bits per heavy atom. The van der Waals surface area contributed by atoms with Gasteiger partial charge < -0.3 is 44.5 Å². The van der Waals surface area contributed by atoms with Gasteiger partial charge in [-0.3, -0.25) is 9.47 Å². The molecule has 3 rings (SSSR count). The molecule has 1 amide bonds. The molecule has 2 aromatic rings. The summed E-state index contributed by atoms with van der Waals surface area (Å²) < 4.78 is 35.2. The molecule has 1 saturated heterocycles. The molecular formula is C41H77N11O8Si2. The van der Waals surface area contributed by atoms with Crippen molar-refractivity contribution < 1.29 is 37.8 Å². The molecule has 1 aliphatic rings. The summed E-state index contributed by atoms with van der Waals surface area (Å²) in [6.07, 6.45) is -0.525. The number of imidazole rings is 1. The van der Waals surface area contributed by atoms with Gasteiger partial charge >= 0.3 is 12.1 Å². The minimum atomic E-state index is -2.56. The molecule has 1 aliphatic heterocycles. The van der Waals surface area contributed by atoms with Crippen molar-refractivity contribution in [2.24, 2.45) is 5.11 Å². The van der Waals surface area contributed by atoms with E-state index in [9.17, 15) is 14.7 Å². The van der Waals surface area contributed by atoms with Crippen LogP contribution in [-0.2, 0) is 27.9 Å². The van der Waals surface area contributed by atoms with Crippen molar-refractivity contribution >= 4 is 51.6 Å². The minimum absolute atomic E-state index is 0.151. The third-order valence-corrected chi connectivity index (χ3v) is 20.5. The van der Waals surface area contributed by atoms with Crippen LogP contribution in [0.3, 0.4) is 0 Å². The Kier molecular flexibility index (Phi) is 17.8. The first-order valence-electron chi connectivity index (χ1n) is 21.7. The molecule has 0 spiro atoms. The number of aliphatic hydroxyl groups is 1. The van der Waals surface area contributed by atoms with Crippen LogP contribution in [0.1, 0.15) is 109 Å². The van der Waals surface area contributed by atoms with Crippen LogP contribution in [0.25, 0.3) is 21.6 Å². The predicted molar refractivity (Wildman–Crippen MR) is 247 cm³/mol. The minimum Gasteiger partial charge on any atom is -0.458 e. The highest BCUT2D eigenvalue weighted by Crippen LogP contribution is 2.47. The monoisotopic (exact) mass is 908 g/mol. The zero-order valence-electron chi connectivity index (χ0n) is 40.3. The normalized spacial score (nSPS) is 19.6. The van der Waals surface area contributed by atoms with Crippen molar-refractivity contribution in [1.29, 1.82) is 0 Å². The van der Waals surface area contributed by atoms with Crippen LogP contribution in [0.2, 0.25) is 36.3 Å². The van der Waals surface area contributed by atoms with E-state index in [0.717, 1.165) is 0 Å². The van der Waals surface area contributed by atoms with Crippen molar-refractivity contribution in [2.45, 2.75) is 180 Å². The largest absolute Gasteiger partial charge is 0.458 e. The summed E-state index contributed by atoms with van der Waals surface area (Å²) in [5.41, 5.74) is 14.4. The standard InChI is InChI=1S/C41H77N11O8Si2/c1-38(2,3)57-35(54)27(48-37(55)58-39(4,5)6)19-22-51(23-24-53)25-28-30(59-61(13,14)40(7,8)9)31(60-62(15,16)41(10,11)12)34(56-28)52-33-29(32(42)45-26-46-33)49-36(52)44-20-17-18-21-47-50-43/h26-28,30-31,34,53H,17-25H2,1-16H3,(H,44,49)(H,48,55)(H2,42,45,46)/t27-,28-,30?,31+,34-/m1/s1. The molecule has 0 aromatic carbocycles. The number of rotatable bonds is 20. The van der Waals surface area contributed by atoms with Crippen molar-refractivity contribution in [2.75, 3.05) is 50.4 Å². The number of unbranched alkanes of at least 4 members (excludes halogenated alkanes) is 1. The summed E-state index contributed by atoms with van der Waals surface area (Å²) >= 11 is 0. The molecule has 19 nitrogen and oxygen atoms in total. The number of carbonyl (C=O) groups is 2. The maximum absolute atomic E-state index is 13.5. The first-order valence-corrected chi connectivity index (χ1v) is 27.5. The number of anilines is 2. The van der Waals surface area contributed by atoms with E-state index in [1.807, 2.05) is 9.47 Å². The number of amides is 1. The molecule has 0 bridgehead atoms. The second kappa shape index (κ2) is 21.0. The number of nitrogens with two attached hydrogens (primary N) is 1. The number of fused-ring (bicyclic) bond motifs is 1. The molecule has 0 aliphatic carbocycles. The molecule has 0 radical (unpaired) electrons. The third-order valence-electron chi connectivity index (χ3n) is 11.5. The molecule has 21 heteroatoms. The molecule has 5 N–H and O–H groups in total. The van der Waals surface area contributed by atoms with Crippen LogP contribution in [-0.4, -0.2) is 133 Å². The lowest BCUT2D eigenvalue weighted by Crippen LogP contribution is -2.55. The quantitative estimate of drug-likeness (QED) is 0.0251. The molecule has 1 unspecified atom stereocenters. The second-order valence-electron chi connectivity index (χ2n) is 21.1. The van der Waals surface area contributed by atoms with Crippen LogP contribution in [0, 0.1) is 0 Å². The zero-order valence-corrected chi connectivity index (χ0v) is 42.3. The van der Waals surface area contributed by atoms with Crippen LogP contribution in [0.4, 0.5) is 16.6 Å². The highest BCUT2D eigenvalue weighted by atomic mass is 28.4. The lowest BCUT2D eigenvalue weighted by atomic mass is 10.1. The second-order valence-corrected chi connectivity index (χ2v) is 30.6. The summed E-state index contributed by atoms with van der Waals surface area (Å²) in [5, 5.41) is 19.9. The summed E-state index contributed by atoms with van der Waals surface area (Å²) in [4.78, 5) is 45.2. The SMILES string of the molecule is CC(C)(C)OC(=O)N[C@H](CCN(CCO)C[C@H]1O[C@@H](n2c(NCCCCN=[N+]=[N-])nc3c(N)ncnc32)[C@@H](O[Si](C)(C)C(C)(C)C)C1O[Si](C)(C)C(C)(C)C)C(=O)OC(C)(C)C. The number of azide groups is 1. The molecule has 5 atom stereocenters. The molecule has 0 saturated carbocycles. The third kappa shape index (κ3) is 14.7. The van der Waals surface area contributed by atoms with Gasteiger partial charge in [0, 0.05) is 37.6 Å². The molecule has 62 heavy (non-hydrogen) atoms. The smallest absolute Gasteiger partial charge is 0.408 e. The Hall–Kier alpha value is -3.57. The summed E-state index contributed by atoms with van der Waals surface area (Å²) in [6, 6.07) is -1.04. The van der Waals surface area contributed by atoms with E-state index in [1.54, 1.807) is 41.5 Å². The number of nitrogens with zero attached hydrogens (tertiary/aromatic N) is 8. The fourth-order valence-electron chi connectivity index (χ4n) is 6.28. The van der Waals surface area contributed by atoms with Gasteiger partial charge in [0.2, 0.25) is 5.95 Å². The van der Waals surface area contributed by atoms with E-state index in [1.165, 1.54) is 6.33 Å². The number of aromatic nitrogens is 4. The topological polar surface area (TPSA) is 246 Å². The number of ether oxygens (including phenoxy) is 3. The summed E-state index contributed by atoms with van der Waals surface area (Å²) in [6.45, 7) is 33.9. The number of carbonyl (C=O) groups excluding carboxylic acids is 2. The van der Waals surface area contributed by atoms with Gasteiger partial charge in [-0.15, -0.1) is 0 Å². The first-order chi connectivity index (χ1) is 28.4. The number of hydrogen-bond donors (Lipinski definition) is 4. The van der Waals surface area contributed by atoms with E-state index in [-0.39, 0.29) is 48.6 Å². The Bertz CT molecular complexity index is 1850. The predicted octanol–water partition coefficient (Wildman–Crippen LogP) is 7.51. The van der Waals surface area contributed by atoms with Crippen molar-refractivity contribution in [3.63, 3.8) is 0 Å². The Balaban J connectivity index is 2.19. The number of nitrogen functional groups attached to an aromatic ring is 1. The first kappa shape index (κ1) is 52.8. The Labute approximate surface area is 370 Å². The molecular weight excluding hydrogens is 831 g/mol. The van der Waals surface area contributed by atoms with Gasteiger partial charge in [0.15, 0.2) is 39.8 Å². The van der Waals surface area contributed by atoms with E-state index in [4.69, 9.17) is 39.3 Å². The maximum Gasteiger partial charge on any atom is 0.408 e. The van der Waals surface area contributed by atoms with Crippen molar-refractivity contribution in [1.82, 2.24) is 29.7 Å². The molecule has 2 aromatic heterocycles. The van der Waals surface area contributed by atoms with E-state index in [0.29, 0.717) is 43.0 Å². The Morgan fingerprint density at radius 3 is 2.10 bits per heavy atom. The highest BCUT2D eigenvalue weighted by Gasteiger charge is 2.55. The van der Waals surface area contributed by atoms with Crippen LogP contribution in [0.15, 0.2) is 11.4 Å². The van der Waals surface area contributed by atoms with E-state index >= 15 is 0 Å². The lowest BCUT2D eigenvalue weighted by molar-refractivity contribution is -0.157. The van der Waals surface area contributed by atoms with Crippen LogP contribution < -0.4 is 16.4 Å². The number of alkyl carbamates (subject to hydrolysis) is 1. The zero-order chi connectivity index (χ0) is 47.1. The lowest BCUT2D eigenvalue weighted by Gasteiger charge is -2.44. The van der Waals surface area contributed by atoms with Gasteiger partial charge in [-0.05, 0) is 103 Å².